The summed E-state index contributed by atoms with van der Waals surface area (Å²) in [7, 11) is 0. The van der Waals surface area contributed by atoms with Crippen molar-refractivity contribution in [2.45, 2.75) is 12.3 Å². The van der Waals surface area contributed by atoms with E-state index in [9.17, 15) is 14.9 Å². The number of rotatable bonds is 6. The van der Waals surface area contributed by atoms with Gasteiger partial charge in [-0.25, -0.2) is 0 Å². The minimum atomic E-state index is -0.689. The summed E-state index contributed by atoms with van der Waals surface area (Å²) in [6.45, 7) is -0.365. The molecule has 1 atom stereocenters. The molecule has 2 rings (SSSR count). The molecule has 2 aromatic carbocycles. The molecule has 0 spiro atoms. The smallest absolute Gasteiger partial charge is 0.217 e. The van der Waals surface area contributed by atoms with Crippen LogP contribution in [0.25, 0.3) is 0 Å². The van der Waals surface area contributed by atoms with Crippen molar-refractivity contribution in [1.82, 2.24) is 0 Å². The molecule has 0 fully saturated rings. The van der Waals surface area contributed by atoms with Gasteiger partial charge >= 0.3 is 0 Å². The Morgan fingerprint density at radius 2 is 1.55 bits per heavy atom. The average Bonchev–Trinajstić information content (AvgIpc) is 2.46. The number of ketones is 1. The minimum absolute atomic E-state index is 0.126. The van der Waals surface area contributed by atoms with Crippen LogP contribution in [0.15, 0.2) is 60.7 Å². The van der Waals surface area contributed by atoms with Crippen LogP contribution in [-0.4, -0.2) is 17.3 Å². The van der Waals surface area contributed by atoms with E-state index >= 15 is 0 Å². The fourth-order valence-corrected chi connectivity index (χ4v) is 2.15. The molecule has 0 radical (unpaired) electrons. The maximum absolute atomic E-state index is 12.3. The first kappa shape index (κ1) is 13.9. The predicted molar refractivity (Wildman–Crippen MR) is 76.2 cm³/mol. The Morgan fingerprint density at radius 1 is 1.00 bits per heavy atom. The van der Waals surface area contributed by atoms with Gasteiger partial charge in [-0.2, -0.15) is 0 Å². The molecule has 1 unspecified atom stereocenters. The van der Waals surface area contributed by atoms with Crippen LogP contribution in [0, 0.1) is 10.1 Å². The van der Waals surface area contributed by atoms with E-state index in [-0.39, 0.29) is 18.7 Å². The third-order valence-corrected chi connectivity index (χ3v) is 3.14. The largest absolute Gasteiger partial charge is 0.298 e. The third kappa shape index (κ3) is 3.75. The number of nitrogens with zero attached hydrogens (tertiary/aromatic N) is 1. The Hall–Kier alpha value is -2.49. The van der Waals surface area contributed by atoms with Crippen molar-refractivity contribution in [2.75, 3.05) is 6.54 Å². The van der Waals surface area contributed by atoms with Crippen LogP contribution < -0.4 is 0 Å². The van der Waals surface area contributed by atoms with E-state index in [0.29, 0.717) is 5.56 Å². The molecular weight excluding hydrogens is 254 g/mol. The van der Waals surface area contributed by atoms with E-state index < -0.39 is 10.8 Å². The molecule has 0 amide bonds. The fraction of sp³-hybridized carbons (Fsp3) is 0.188. The van der Waals surface area contributed by atoms with Crippen molar-refractivity contribution in [1.29, 1.82) is 0 Å². The summed E-state index contributed by atoms with van der Waals surface area (Å²) in [6, 6.07) is 18.2. The molecule has 0 aliphatic carbocycles. The topological polar surface area (TPSA) is 60.2 Å². The molecule has 0 aromatic heterocycles. The van der Waals surface area contributed by atoms with E-state index in [4.69, 9.17) is 0 Å². The maximum atomic E-state index is 12.3. The number of nitro groups is 1. The first-order valence-electron chi connectivity index (χ1n) is 6.40. The zero-order valence-corrected chi connectivity index (χ0v) is 10.9. The lowest BCUT2D eigenvalue weighted by Gasteiger charge is -2.12. The molecule has 102 valence electrons. The molecule has 4 heteroatoms. The first-order chi connectivity index (χ1) is 9.66. The highest BCUT2D eigenvalue weighted by Crippen LogP contribution is 2.19. The van der Waals surface area contributed by atoms with Gasteiger partial charge in [0.05, 0.1) is 0 Å². The van der Waals surface area contributed by atoms with Gasteiger partial charge in [0.1, 0.15) is 5.92 Å². The predicted octanol–water partition coefficient (Wildman–Crippen LogP) is 2.86. The Kier molecular flexibility index (Phi) is 4.60. The van der Waals surface area contributed by atoms with Crippen molar-refractivity contribution in [3.63, 3.8) is 0 Å². The van der Waals surface area contributed by atoms with Crippen molar-refractivity contribution >= 4 is 5.78 Å². The second-order valence-corrected chi connectivity index (χ2v) is 4.61. The Morgan fingerprint density at radius 3 is 2.10 bits per heavy atom. The van der Waals surface area contributed by atoms with Crippen molar-refractivity contribution < 1.29 is 9.72 Å². The van der Waals surface area contributed by atoms with Crippen LogP contribution in [0.1, 0.15) is 17.0 Å². The first-order valence-corrected chi connectivity index (χ1v) is 6.40. The summed E-state index contributed by atoms with van der Waals surface area (Å²) < 4.78 is 0. The van der Waals surface area contributed by atoms with E-state index in [1.54, 1.807) is 24.3 Å². The second-order valence-electron chi connectivity index (χ2n) is 4.61. The lowest BCUT2D eigenvalue weighted by molar-refractivity contribution is -0.481. The van der Waals surface area contributed by atoms with Gasteiger partial charge in [0.2, 0.25) is 6.54 Å². The number of Topliss-reactive ketones (excluding diaryl/α,β-unsaturated/α-hetero) is 1. The van der Waals surface area contributed by atoms with E-state index in [2.05, 4.69) is 0 Å². The monoisotopic (exact) mass is 269 g/mol. The summed E-state index contributed by atoms with van der Waals surface area (Å²) in [4.78, 5) is 22.7. The molecule has 0 saturated carbocycles. The molecule has 0 saturated heterocycles. The van der Waals surface area contributed by atoms with Crippen molar-refractivity contribution in [3.8, 4) is 0 Å². The SMILES string of the molecule is O=C(Cc1ccccc1)C(C[N+](=O)[O-])c1ccccc1. The van der Waals surface area contributed by atoms with Gasteiger partial charge in [-0.05, 0) is 11.1 Å². The van der Waals surface area contributed by atoms with Crippen molar-refractivity contribution in [3.05, 3.63) is 81.9 Å². The zero-order chi connectivity index (χ0) is 14.4. The second kappa shape index (κ2) is 6.61. The van der Waals surface area contributed by atoms with Crippen LogP contribution in [0.3, 0.4) is 0 Å². The van der Waals surface area contributed by atoms with Gasteiger partial charge in [0, 0.05) is 11.3 Å². The quantitative estimate of drug-likeness (QED) is 0.598. The standard InChI is InChI=1S/C16H15NO3/c18-16(11-13-7-3-1-4-8-13)15(12-17(19)20)14-9-5-2-6-10-14/h1-10,15H,11-12H2. The summed E-state index contributed by atoms with van der Waals surface area (Å²) in [5.74, 6) is -0.814. The highest BCUT2D eigenvalue weighted by molar-refractivity contribution is 5.87. The van der Waals surface area contributed by atoms with Gasteiger partial charge in [-0.15, -0.1) is 0 Å². The highest BCUT2D eigenvalue weighted by Gasteiger charge is 2.25. The number of hydrogen-bond donors (Lipinski definition) is 0. The van der Waals surface area contributed by atoms with Crippen LogP contribution in [-0.2, 0) is 11.2 Å². The van der Waals surface area contributed by atoms with Crippen LogP contribution in [0.4, 0.5) is 0 Å². The van der Waals surface area contributed by atoms with E-state index in [1.807, 2.05) is 36.4 Å². The molecule has 0 bridgehead atoms. The molecule has 0 heterocycles. The minimum Gasteiger partial charge on any atom is -0.298 e. The molecule has 2 aromatic rings. The molecule has 0 aliphatic rings. The van der Waals surface area contributed by atoms with E-state index in [1.165, 1.54) is 0 Å². The Balaban J connectivity index is 2.18. The van der Waals surface area contributed by atoms with Gasteiger partial charge in [0.15, 0.2) is 5.78 Å². The molecule has 20 heavy (non-hydrogen) atoms. The lowest BCUT2D eigenvalue weighted by atomic mass is 9.91. The maximum Gasteiger partial charge on any atom is 0.217 e. The average molecular weight is 269 g/mol. The van der Waals surface area contributed by atoms with Gasteiger partial charge in [0.25, 0.3) is 0 Å². The number of carbonyl (C=O) groups is 1. The van der Waals surface area contributed by atoms with Crippen LogP contribution in [0.5, 0.6) is 0 Å². The summed E-state index contributed by atoms with van der Waals surface area (Å²) in [5.41, 5.74) is 1.58. The molecule has 0 N–H and O–H groups in total. The Bertz CT molecular complexity index is 581. The van der Waals surface area contributed by atoms with Crippen molar-refractivity contribution in [2.24, 2.45) is 0 Å². The zero-order valence-electron chi connectivity index (χ0n) is 10.9. The van der Waals surface area contributed by atoms with Gasteiger partial charge < -0.3 is 0 Å². The normalized spacial score (nSPS) is 11.8. The van der Waals surface area contributed by atoms with Crippen LogP contribution >= 0.6 is 0 Å². The Labute approximate surface area is 117 Å². The lowest BCUT2D eigenvalue weighted by Crippen LogP contribution is -2.23. The number of hydrogen-bond acceptors (Lipinski definition) is 3. The molecule has 0 aliphatic heterocycles. The third-order valence-electron chi connectivity index (χ3n) is 3.14. The van der Waals surface area contributed by atoms with E-state index in [0.717, 1.165) is 5.56 Å². The van der Waals surface area contributed by atoms with Gasteiger partial charge in [-0.3, -0.25) is 14.9 Å². The highest BCUT2D eigenvalue weighted by atomic mass is 16.6. The fourth-order valence-electron chi connectivity index (χ4n) is 2.15. The number of carbonyl (C=O) groups excluding carboxylic acids is 1. The molecular formula is C16H15NO3. The summed E-state index contributed by atoms with van der Waals surface area (Å²) in [5, 5.41) is 10.8. The summed E-state index contributed by atoms with van der Waals surface area (Å²) in [6.07, 6.45) is 0.217. The van der Waals surface area contributed by atoms with Crippen LogP contribution in [0.2, 0.25) is 0 Å². The number of benzene rings is 2. The molecule has 4 nitrogen and oxygen atoms in total. The van der Waals surface area contributed by atoms with Gasteiger partial charge in [-0.1, -0.05) is 60.7 Å². The summed E-state index contributed by atoms with van der Waals surface area (Å²) >= 11 is 0.